The molecule has 1 atom stereocenters. The number of ether oxygens (including phenoxy) is 2. The monoisotopic (exact) mass is 525 g/mol. The van der Waals surface area contributed by atoms with Gasteiger partial charge in [-0.15, -0.1) is 11.3 Å². The van der Waals surface area contributed by atoms with Gasteiger partial charge in [-0.3, -0.25) is 10.1 Å². The van der Waals surface area contributed by atoms with Crippen molar-refractivity contribution in [3.05, 3.63) is 81.2 Å². The molecule has 2 aliphatic heterocycles. The topological polar surface area (TPSA) is 110 Å². The summed E-state index contributed by atoms with van der Waals surface area (Å²) in [6, 6.07) is 17.9. The van der Waals surface area contributed by atoms with E-state index in [1.807, 2.05) is 43.4 Å². The number of non-ortho nitro benzene ring substituents is 1. The summed E-state index contributed by atoms with van der Waals surface area (Å²) in [6.45, 7) is 2.37. The summed E-state index contributed by atoms with van der Waals surface area (Å²) in [5.74, 6) is 0.316. The molecule has 2 aliphatic rings. The number of amidine groups is 1. The lowest BCUT2D eigenvalue weighted by atomic mass is 10.2. The van der Waals surface area contributed by atoms with Gasteiger partial charge in [0.25, 0.3) is 5.69 Å². The molecule has 0 aliphatic carbocycles. The highest BCUT2D eigenvalue weighted by atomic mass is 32.1. The number of carbonyl (C=O) groups excluding carboxylic acids is 1. The minimum Gasteiger partial charge on any atom is -0.465 e. The Hall–Kier alpha value is -3.37. The molecule has 3 heterocycles. The maximum absolute atomic E-state index is 12.5. The van der Waals surface area contributed by atoms with Gasteiger partial charge < -0.3 is 14.1 Å². The summed E-state index contributed by atoms with van der Waals surface area (Å²) in [5, 5.41) is 12.8. The van der Waals surface area contributed by atoms with Crippen molar-refractivity contribution in [3.63, 3.8) is 0 Å². The van der Waals surface area contributed by atoms with E-state index in [0.29, 0.717) is 41.9 Å². The van der Waals surface area contributed by atoms with Gasteiger partial charge >= 0.3 is 5.97 Å². The highest BCUT2D eigenvalue weighted by Gasteiger charge is 2.43. The highest BCUT2D eigenvalue weighted by Crippen LogP contribution is 2.62. The number of carbonyl (C=O) groups is 1. The first-order chi connectivity index (χ1) is 17.4. The number of thiophene rings is 1. The summed E-state index contributed by atoms with van der Waals surface area (Å²) >= 11 is 1.28. The van der Waals surface area contributed by atoms with E-state index in [2.05, 4.69) is 9.34 Å². The Balaban J connectivity index is 1.79. The van der Waals surface area contributed by atoms with Crippen LogP contribution in [0.25, 0.3) is 0 Å². The SMILES string of the molecule is COC(=O)c1cc2c(s1)N=C(c1ccccc1)N(C)[P@]2(=Nc1ccc([N+](=O)[O-])cc1)N1CCOCC1. The molecule has 1 fully saturated rings. The van der Waals surface area contributed by atoms with Gasteiger partial charge in [0, 0.05) is 37.8 Å². The Morgan fingerprint density at radius 2 is 1.86 bits per heavy atom. The summed E-state index contributed by atoms with van der Waals surface area (Å²) in [5.41, 5.74) is 1.54. The van der Waals surface area contributed by atoms with Crippen molar-refractivity contribution < 1.29 is 19.2 Å². The van der Waals surface area contributed by atoms with E-state index in [1.165, 1.54) is 30.6 Å². The second-order valence-electron chi connectivity index (χ2n) is 8.13. The molecule has 0 radical (unpaired) electrons. The van der Waals surface area contributed by atoms with Gasteiger partial charge in [0.15, 0.2) is 7.36 Å². The Morgan fingerprint density at radius 3 is 2.50 bits per heavy atom. The highest BCUT2D eigenvalue weighted by molar-refractivity contribution is 7.71. The number of hydrogen-bond acceptors (Lipinski definition) is 8. The summed E-state index contributed by atoms with van der Waals surface area (Å²) in [4.78, 5) is 28.7. The number of benzene rings is 2. The average molecular weight is 526 g/mol. The first-order valence-corrected chi connectivity index (χ1v) is 13.7. The van der Waals surface area contributed by atoms with Crippen molar-refractivity contribution in [1.82, 2.24) is 9.34 Å². The van der Waals surface area contributed by atoms with Gasteiger partial charge in [0.05, 0.1) is 36.2 Å². The number of rotatable bonds is 5. The molecule has 0 N–H and O–H groups in total. The van der Waals surface area contributed by atoms with Crippen LogP contribution in [-0.2, 0) is 9.47 Å². The summed E-state index contributed by atoms with van der Waals surface area (Å²) in [7, 11) is 0.588. The van der Waals surface area contributed by atoms with Crippen LogP contribution < -0.4 is 5.30 Å². The third kappa shape index (κ3) is 4.24. The molecular weight excluding hydrogens is 501 g/mol. The second kappa shape index (κ2) is 9.94. The third-order valence-electron chi connectivity index (χ3n) is 6.06. The Kier molecular flexibility index (Phi) is 6.72. The number of nitro benzene ring substituents is 1. The standard InChI is InChI=1S/C24H24N5O5PS/c1-27-22(17-6-4-3-5-7-17)25-23-20(16-21(36-23)24(30)33-2)35(27,28-12-14-34-15-13-28)26-18-8-10-19(11-9-18)29(31)32/h3-11,16H,12-15H2,1-2H3/t35-/m0/s1. The smallest absolute Gasteiger partial charge is 0.348 e. The zero-order valence-electron chi connectivity index (χ0n) is 19.7. The Bertz CT molecular complexity index is 1380. The minimum absolute atomic E-state index is 0.000409. The first-order valence-electron chi connectivity index (χ1n) is 11.2. The number of methoxy groups -OCH3 is 1. The molecule has 3 aromatic rings. The van der Waals surface area contributed by atoms with Gasteiger partial charge in [-0.25, -0.2) is 19.2 Å². The molecule has 36 heavy (non-hydrogen) atoms. The molecule has 0 bridgehead atoms. The van der Waals surface area contributed by atoms with E-state index in [1.54, 1.807) is 12.1 Å². The van der Waals surface area contributed by atoms with Gasteiger partial charge in [0.2, 0.25) is 0 Å². The number of fused-ring (bicyclic) bond motifs is 1. The molecule has 10 nitrogen and oxygen atoms in total. The van der Waals surface area contributed by atoms with Crippen molar-refractivity contribution in [1.29, 1.82) is 0 Å². The van der Waals surface area contributed by atoms with E-state index in [4.69, 9.17) is 19.2 Å². The van der Waals surface area contributed by atoms with Crippen LogP contribution in [0.3, 0.4) is 0 Å². The molecule has 0 amide bonds. The van der Waals surface area contributed by atoms with Crippen molar-refractivity contribution >= 4 is 52.2 Å². The fourth-order valence-electron chi connectivity index (χ4n) is 4.33. The van der Waals surface area contributed by atoms with Crippen LogP contribution in [-0.4, -0.2) is 66.5 Å². The Labute approximate surface area is 212 Å². The zero-order chi connectivity index (χ0) is 25.3. The van der Waals surface area contributed by atoms with Crippen LogP contribution >= 0.6 is 18.7 Å². The second-order valence-corrected chi connectivity index (χ2v) is 12.1. The largest absolute Gasteiger partial charge is 0.465 e. The molecule has 1 saturated heterocycles. The lowest BCUT2D eigenvalue weighted by Gasteiger charge is -2.46. The molecule has 1 aromatic heterocycles. The average Bonchev–Trinajstić information content (AvgIpc) is 3.35. The lowest BCUT2D eigenvalue weighted by molar-refractivity contribution is -0.384. The molecule has 0 unspecified atom stereocenters. The Morgan fingerprint density at radius 1 is 1.17 bits per heavy atom. The summed E-state index contributed by atoms with van der Waals surface area (Å²) < 4.78 is 20.4. The van der Waals surface area contributed by atoms with Gasteiger partial charge in [-0.05, 0) is 18.2 Å². The van der Waals surface area contributed by atoms with Crippen LogP contribution in [0.4, 0.5) is 16.4 Å². The van der Waals surface area contributed by atoms with Crippen LogP contribution in [0.5, 0.6) is 0 Å². The molecule has 0 saturated carbocycles. The van der Waals surface area contributed by atoms with Crippen LogP contribution in [0.2, 0.25) is 0 Å². The number of morpholine rings is 1. The van der Waals surface area contributed by atoms with E-state index in [9.17, 15) is 14.9 Å². The van der Waals surface area contributed by atoms with Crippen LogP contribution in [0, 0.1) is 10.1 Å². The van der Waals surface area contributed by atoms with E-state index in [0.717, 1.165) is 16.7 Å². The predicted octanol–water partition coefficient (Wildman–Crippen LogP) is 4.79. The molecule has 2 aromatic carbocycles. The van der Waals surface area contributed by atoms with Crippen LogP contribution in [0.15, 0.2) is 70.4 Å². The number of hydrogen-bond donors (Lipinski definition) is 0. The summed E-state index contributed by atoms with van der Waals surface area (Å²) in [6.07, 6.45) is 0. The quantitative estimate of drug-likeness (QED) is 0.204. The normalized spacial score (nSPS) is 19.8. The number of nitro groups is 1. The third-order valence-corrected chi connectivity index (χ3v) is 10.9. The van der Waals surface area contributed by atoms with Crippen molar-refractivity contribution in [3.8, 4) is 0 Å². The predicted molar refractivity (Wildman–Crippen MR) is 140 cm³/mol. The number of esters is 1. The van der Waals surface area contributed by atoms with Gasteiger partial charge in [-0.2, -0.15) is 0 Å². The number of aliphatic imine (C=N–C) groups is 1. The maximum Gasteiger partial charge on any atom is 0.348 e. The van der Waals surface area contributed by atoms with E-state index in [-0.39, 0.29) is 5.69 Å². The molecule has 12 heteroatoms. The molecular formula is C24H24N5O5PS. The van der Waals surface area contributed by atoms with Crippen molar-refractivity contribution in [2.75, 3.05) is 40.5 Å². The minimum atomic E-state index is -2.74. The molecule has 186 valence electrons. The maximum atomic E-state index is 12.5. The van der Waals surface area contributed by atoms with Gasteiger partial charge in [-0.1, -0.05) is 30.3 Å². The molecule has 5 rings (SSSR count). The van der Waals surface area contributed by atoms with E-state index >= 15 is 0 Å². The lowest BCUT2D eigenvalue weighted by Crippen LogP contribution is -2.45. The van der Waals surface area contributed by atoms with E-state index < -0.39 is 18.2 Å². The number of nitrogens with zero attached hydrogens (tertiary/aromatic N) is 5. The fourth-order valence-corrected chi connectivity index (χ4v) is 9.35. The fraction of sp³-hybridized carbons (Fsp3) is 0.250. The van der Waals surface area contributed by atoms with Gasteiger partial charge in [0.1, 0.15) is 15.7 Å². The molecule has 0 spiro atoms. The first kappa shape index (κ1) is 24.3. The zero-order valence-corrected chi connectivity index (χ0v) is 21.4. The van der Waals surface area contributed by atoms with Crippen molar-refractivity contribution in [2.24, 2.45) is 9.74 Å². The van der Waals surface area contributed by atoms with Crippen molar-refractivity contribution in [2.45, 2.75) is 0 Å². The van der Waals surface area contributed by atoms with Crippen LogP contribution in [0.1, 0.15) is 15.2 Å².